The molecular weight excluding hydrogens is 150 g/mol. The van der Waals surface area contributed by atoms with Crippen molar-refractivity contribution >= 4 is 9.84 Å². The molecule has 0 heterocycles. The van der Waals surface area contributed by atoms with Gasteiger partial charge in [-0.25, -0.2) is 8.42 Å². The lowest BCUT2D eigenvalue weighted by molar-refractivity contribution is 0.577. The third kappa shape index (κ3) is 2.27. The first-order valence-electron chi connectivity index (χ1n) is 3.50. The molecule has 0 amide bonds. The molecule has 0 rings (SSSR count). The van der Waals surface area contributed by atoms with Gasteiger partial charge in [-0.05, 0) is 6.42 Å². The van der Waals surface area contributed by atoms with Crippen molar-refractivity contribution in [1.82, 2.24) is 0 Å². The van der Waals surface area contributed by atoms with Crippen molar-refractivity contribution in [2.75, 3.05) is 12.3 Å². The molecule has 1 atom stereocenters. The van der Waals surface area contributed by atoms with Crippen LogP contribution in [-0.2, 0) is 9.84 Å². The van der Waals surface area contributed by atoms with Gasteiger partial charge in [-0.2, -0.15) is 0 Å². The molecule has 0 aliphatic heterocycles. The number of sulfone groups is 1. The highest BCUT2D eigenvalue weighted by molar-refractivity contribution is 7.92. The Morgan fingerprint density at radius 1 is 1.40 bits per heavy atom. The average Bonchev–Trinajstić information content (AvgIpc) is 1.90. The van der Waals surface area contributed by atoms with Crippen molar-refractivity contribution in [3.63, 3.8) is 0 Å². The fourth-order valence-electron chi connectivity index (χ4n) is 0.803. The molecule has 62 valence electrons. The standard InChI is InChI=1S/C6H15NO2S/c1-3-6(5-7)10(8,9)4-2/h6H,3-5,7H2,1-2H3. The van der Waals surface area contributed by atoms with E-state index in [0.29, 0.717) is 6.42 Å². The molecule has 10 heavy (non-hydrogen) atoms. The van der Waals surface area contributed by atoms with Gasteiger partial charge in [-0.1, -0.05) is 13.8 Å². The highest BCUT2D eigenvalue weighted by Crippen LogP contribution is 2.04. The zero-order valence-corrected chi connectivity index (χ0v) is 7.32. The highest BCUT2D eigenvalue weighted by Gasteiger charge is 2.19. The summed E-state index contributed by atoms with van der Waals surface area (Å²) in [6.07, 6.45) is 0.618. The van der Waals surface area contributed by atoms with Crippen LogP contribution in [0.25, 0.3) is 0 Å². The normalized spacial score (nSPS) is 15.1. The van der Waals surface area contributed by atoms with Crippen molar-refractivity contribution in [2.24, 2.45) is 5.73 Å². The van der Waals surface area contributed by atoms with E-state index in [4.69, 9.17) is 5.73 Å². The minimum atomic E-state index is -2.89. The van der Waals surface area contributed by atoms with Gasteiger partial charge >= 0.3 is 0 Å². The van der Waals surface area contributed by atoms with Crippen LogP contribution >= 0.6 is 0 Å². The first-order valence-corrected chi connectivity index (χ1v) is 5.21. The zero-order chi connectivity index (χ0) is 8.20. The molecule has 0 fully saturated rings. The zero-order valence-electron chi connectivity index (χ0n) is 6.50. The molecule has 0 aromatic rings. The van der Waals surface area contributed by atoms with E-state index in [-0.39, 0.29) is 17.5 Å². The van der Waals surface area contributed by atoms with Gasteiger partial charge in [-0.3, -0.25) is 0 Å². The number of nitrogens with two attached hydrogens (primary N) is 1. The molecule has 0 radical (unpaired) electrons. The Labute approximate surface area is 62.5 Å². The van der Waals surface area contributed by atoms with E-state index in [0.717, 1.165) is 0 Å². The molecule has 0 aliphatic carbocycles. The summed E-state index contributed by atoms with van der Waals surface area (Å²) in [7, 11) is -2.89. The average molecular weight is 165 g/mol. The smallest absolute Gasteiger partial charge is 0.154 e. The Balaban J connectivity index is 4.28. The number of rotatable bonds is 4. The number of hydrogen-bond donors (Lipinski definition) is 1. The summed E-state index contributed by atoms with van der Waals surface area (Å²) in [6.45, 7) is 3.73. The maximum Gasteiger partial charge on any atom is 0.154 e. The molecule has 0 aromatic heterocycles. The van der Waals surface area contributed by atoms with Crippen LogP contribution in [0, 0.1) is 0 Å². The van der Waals surface area contributed by atoms with Gasteiger partial charge in [0, 0.05) is 12.3 Å². The monoisotopic (exact) mass is 165 g/mol. The Hall–Kier alpha value is -0.0900. The topological polar surface area (TPSA) is 60.2 Å². The molecule has 0 spiro atoms. The summed E-state index contributed by atoms with van der Waals surface area (Å²) in [4.78, 5) is 0. The van der Waals surface area contributed by atoms with E-state index in [1.54, 1.807) is 6.92 Å². The van der Waals surface area contributed by atoms with E-state index in [1.165, 1.54) is 0 Å². The largest absolute Gasteiger partial charge is 0.329 e. The Bertz CT molecular complexity index is 170. The van der Waals surface area contributed by atoms with Crippen LogP contribution in [0.4, 0.5) is 0 Å². The van der Waals surface area contributed by atoms with Gasteiger partial charge in [0.1, 0.15) is 0 Å². The molecule has 0 aromatic carbocycles. The maximum atomic E-state index is 11.1. The second kappa shape index (κ2) is 3.93. The van der Waals surface area contributed by atoms with E-state index < -0.39 is 9.84 Å². The van der Waals surface area contributed by atoms with Crippen LogP contribution in [0.3, 0.4) is 0 Å². The minimum absolute atomic E-state index is 0.197. The van der Waals surface area contributed by atoms with E-state index in [9.17, 15) is 8.42 Å². The summed E-state index contributed by atoms with van der Waals surface area (Å²) in [5.74, 6) is 0.197. The lowest BCUT2D eigenvalue weighted by atomic mass is 10.3. The lowest BCUT2D eigenvalue weighted by Gasteiger charge is -2.10. The van der Waals surface area contributed by atoms with Crippen LogP contribution < -0.4 is 5.73 Å². The van der Waals surface area contributed by atoms with Crippen molar-refractivity contribution in [1.29, 1.82) is 0 Å². The Morgan fingerprint density at radius 3 is 2.00 bits per heavy atom. The van der Waals surface area contributed by atoms with Crippen LogP contribution in [0.1, 0.15) is 20.3 Å². The predicted molar refractivity (Wildman–Crippen MR) is 42.6 cm³/mol. The molecule has 0 bridgehead atoms. The van der Waals surface area contributed by atoms with Crippen LogP contribution in [0.2, 0.25) is 0 Å². The molecule has 0 saturated carbocycles. The molecular formula is C6H15NO2S. The number of hydrogen-bond acceptors (Lipinski definition) is 3. The molecule has 3 nitrogen and oxygen atoms in total. The summed E-state index contributed by atoms with van der Waals surface area (Å²) in [5.41, 5.74) is 5.27. The van der Waals surface area contributed by atoms with Gasteiger partial charge in [0.2, 0.25) is 0 Å². The summed E-state index contributed by atoms with van der Waals surface area (Å²) < 4.78 is 22.2. The van der Waals surface area contributed by atoms with Gasteiger partial charge in [0.15, 0.2) is 9.84 Å². The first-order chi connectivity index (χ1) is 4.58. The minimum Gasteiger partial charge on any atom is -0.329 e. The van der Waals surface area contributed by atoms with Crippen molar-refractivity contribution in [3.05, 3.63) is 0 Å². The second-order valence-corrected chi connectivity index (χ2v) is 4.79. The van der Waals surface area contributed by atoms with Crippen LogP contribution in [0.15, 0.2) is 0 Å². The molecule has 0 aliphatic rings. The summed E-state index contributed by atoms with van der Waals surface area (Å²) in [5, 5.41) is -0.336. The summed E-state index contributed by atoms with van der Waals surface area (Å²) >= 11 is 0. The van der Waals surface area contributed by atoms with Crippen molar-refractivity contribution < 1.29 is 8.42 Å². The van der Waals surface area contributed by atoms with Crippen LogP contribution in [-0.4, -0.2) is 26.0 Å². The van der Waals surface area contributed by atoms with E-state index in [1.807, 2.05) is 6.92 Å². The lowest BCUT2D eigenvalue weighted by Crippen LogP contribution is -2.30. The van der Waals surface area contributed by atoms with E-state index >= 15 is 0 Å². The van der Waals surface area contributed by atoms with Crippen LogP contribution in [0.5, 0.6) is 0 Å². The predicted octanol–water partition coefficient (Wildman–Crippen LogP) is 0.158. The Morgan fingerprint density at radius 2 is 1.90 bits per heavy atom. The second-order valence-electron chi connectivity index (χ2n) is 2.22. The third-order valence-corrected chi connectivity index (χ3v) is 3.97. The van der Waals surface area contributed by atoms with Gasteiger partial charge < -0.3 is 5.73 Å². The fraction of sp³-hybridized carbons (Fsp3) is 1.00. The fourth-order valence-corrected chi connectivity index (χ4v) is 2.08. The van der Waals surface area contributed by atoms with E-state index in [2.05, 4.69) is 0 Å². The molecule has 0 saturated heterocycles. The van der Waals surface area contributed by atoms with Crippen molar-refractivity contribution in [2.45, 2.75) is 25.5 Å². The molecule has 2 N–H and O–H groups in total. The third-order valence-electron chi connectivity index (χ3n) is 1.63. The SMILES string of the molecule is CCC(CN)S(=O)(=O)CC. The first kappa shape index (κ1) is 9.91. The maximum absolute atomic E-state index is 11.1. The van der Waals surface area contributed by atoms with Gasteiger partial charge in [-0.15, -0.1) is 0 Å². The van der Waals surface area contributed by atoms with Crippen molar-refractivity contribution in [3.8, 4) is 0 Å². The highest BCUT2D eigenvalue weighted by atomic mass is 32.2. The molecule has 1 unspecified atom stereocenters. The van der Waals surface area contributed by atoms with Gasteiger partial charge in [0.05, 0.1) is 5.25 Å². The quantitative estimate of drug-likeness (QED) is 0.645. The van der Waals surface area contributed by atoms with Gasteiger partial charge in [0.25, 0.3) is 0 Å². The Kier molecular flexibility index (Phi) is 3.89. The molecule has 4 heteroatoms. The summed E-state index contributed by atoms with van der Waals surface area (Å²) in [6, 6.07) is 0.